The summed E-state index contributed by atoms with van der Waals surface area (Å²) in [5.74, 6) is -1.04. The molecule has 0 bridgehead atoms. The molecule has 0 saturated carbocycles. The Morgan fingerprint density at radius 3 is 2.68 bits per heavy atom. The third kappa shape index (κ3) is 3.55. The monoisotopic (exact) mass is 297 g/mol. The van der Waals surface area contributed by atoms with Crippen molar-refractivity contribution in [3.05, 3.63) is 56.5 Å². The predicted molar refractivity (Wildman–Crippen MR) is 76.3 cm³/mol. The molecule has 0 aliphatic carbocycles. The molecule has 0 saturated heterocycles. The molecular weight excluding hydrogens is 285 g/mol. The third-order valence-electron chi connectivity index (χ3n) is 2.66. The summed E-state index contributed by atoms with van der Waals surface area (Å²) >= 11 is 7.29. The van der Waals surface area contributed by atoms with Gasteiger partial charge in [-0.3, -0.25) is 4.79 Å². The Labute approximate surface area is 120 Å². The standard InChI is InChI=1S/C14H13ClFNOS/c1-2-10-4-5-11(19-10)8-17-14(18)12-6-3-9(15)7-13(12)16/h3-7H,2,8H2,1H3,(H,17,18). The Hall–Kier alpha value is -1.39. The lowest BCUT2D eigenvalue weighted by Crippen LogP contribution is -2.23. The summed E-state index contributed by atoms with van der Waals surface area (Å²) in [4.78, 5) is 14.2. The van der Waals surface area contributed by atoms with E-state index in [1.165, 1.54) is 17.0 Å². The van der Waals surface area contributed by atoms with Gasteiger partial charge in [-0.2, -0.15) is 0 Å². The van der Waals surface area contributed by atoms with Gasteiger partial charge >= 0.3 is 0 Å². The van der Waals surface area contributed by atoms with E-state index in [9.17, 15) is 9.18 Å². The molecule has 2 rings (SSSR count). The van der Waals surface area contributed by atoms with Crippen LogP contribution in [0, 0.1) is 5.82 Å². The van der Waals surface area contributed by atoms with Crippen LogP contribution < -0.4 is 5.32 Å². The highest BCUT2D eigenvalue weighted by Crippen LogP contribution is 2.17. The molecule has 0 spiro atoms. The number of carbonyl (C=O) groups excluding carboxylic acids is 1. The summed E-state index contributed by atoms with van der Waals surface area (Å²) in [6.07, 6.45) is 0.977. The molecule has 100 valence electrons. The van der Waals surface area contributed by atoms with Crippen LogP contribution in [0.3, 0.4) is 0 Å². The van der Waals surface area contributed by atoms with Crippen LogP contribution in [0.4, 0.5) is 4.39 Å². The Morgan fingerprint density at radius 1 is 1.32 bits per heavy atom. The van der Waals surface area contributed by atoms with Crippen LogP contribution in [0.1, 0.15) is 27.0 Å². The maximum absolute atomic E-state index is 13.5. The maximum Gasteiger partial charge on any atom is 0.254 e. The second-order valence-electron chi connectivity index (χ2n) is 4.03. The zero-order chi connectivity index (χ0) is 13.8. The maximum atomic E-state index is 13.5. The lowest BCUT2D eigenvalue weighted by molar-refractivity contribution is 0.0947. The number of aryl methyl sites for hydroxylation is 1. The number of thiophene rings is 1. The van der Waals surface area contributed by atoms with Crippen molar-refractivity contribution in [2.45, 2.75) is 19.9 Å². The predicted octanol–water partition coefficient (Wildman–Crippen LogP) is 4.03. The van der Waals surface area contributed by atoms with Crippen LogP contribution in [-0.2, 0) is 13.0 Å². The molecule has 1 N–H and O–H groups in total. The van der Waals surface area contributed by atoms with E-state index >= 15 is 0 Å². The van der Waals surface area contributed by atoms with E-state index in [0.717, 1.165) is 17.4 Å². The van der Waals surface area contributed by atoms with Gasteiger partial charge in [0, 0.05) is 14.8 Å². The average molecular weight is 298 g/mol. The first-order valence-corrected chi connectivity index (χ1v) is 7.10. The minimum absolute atomic E-state index is 0.0108. The summed E-state index contributed by atoms with van der Waals surface area (Å²) in [6, 6.07) is 8.03. The van der Waals surface area contributed by atoms with Crippen LogP contribution in [0.2, 0.25) is 5.02 Å². The normalized spacial score (nSPS) is 10.5. The van der Waals surface area contributed by atoms with Crippen molar-refractivity contribution in [1.29, 1.82) is 0 Å². The summed E-state index contributed by atoms with van der Waals surface area (Å²) in [5, 5.41) is 2.98. The van der Waals surface area contributed by atoms with Crippen LogP contribution in [0.25, 0.3) is 0 Å². The van der Waals surface area contributed by atoms with Gasteiger partial charge in [-0.15, -0.1) is 11.3 Å². The average Bonchev–Trinajstić information content (AvgIpc) is 2.84. The van der Waals surface area contributed by atoms with Crippen molar-refractivity contribution < 1.29 is 9.18 Å². The molecular formula is C14H13ClFNOS. The molecule has 1 aromatic carbocycles. The second-order valence-corrected chi connectivity index (χ2v) is 5.72. The van der Waals surface area contributed by atoms with E-state index in [4.69, 9.17) is 11.6 Å². The number of hydrogen-bond donors (Lipinski definition) is 1. The Bertz CT molecular complexity index is 597. The van der Waals surface area contributed by atoms with E-state index in [0.29, 0.717) is 6.54 Å². The zero-order valence-corrected chi connectivity index (χ0v) is 11.9. The number of amides is 1. The largest absolute Gasteiger partial charge is 0.347 e. The fourth-order valence-electron chi connectivity index (χ4n) is 1.64. The first kappa shape index (κ1) is 14.0. The SMILES string of the molecule is CCc1ccc(CNC(=O)c2ccc(Cl)cc2F)s1. The molecule has 1 heterocycles. The highest BCUT2D eigenvalue weighted by Gasteiger charge is 2.11. The first-order chi connectivity index (χ1) is 9.10. The van der Waals surface area contributed by atoms with Gasteiger partial charge in [0.1, 0.15) is 5.82 Å². The Balaban J connectivity index is 2.01. The van der Waals surface area contributed by atoms with Crippen LogP contribution in [-0.4, -0.2) is 5.91 Å². The summed E-state index contributed by atoms with van der Waals surface area (Å²) < 4.78 is 13.5. The molecule has 0 aliphatic heterocycles. The van der Waals surface area contributed by atoms with Gasteiger partial charge in [0.15, 0.2) is 0 Å². The summed E-state index contributed by atoms with van der Waals surface area (Å²) in [7, 11) is 0. The molecule has 1 aromatic heterocycles. The number of halogens is 2. The fourth-order valence-corrected chi connectivity index (χ4v) is 2.70. The molecule has 0 aliphatic rings. The van der Waals surface area contributed by atoms with Crippen molar-refractivity contribution in [1.82, 2.24) is 5.32 Å². The number of nitrogens with one attached hydrogen (secondary N) is 1. The second kappa shape index (κ2) is 6.17. The van der Waals surface area contributed by atoms with Crippen LogP contribution in [0.5, 0.6) is 0 Å². The summed E-state index contributed by atoms with van der Waals surface area (Å²) in [6.45, 7) is 2.49. The molecule has 0 unspecified atom stereocenters. The molecule has 5 heteroatoms. The van der Waals surface area contributed by atoms with E-state index < -0.39 is 11.7 Å². The van der Waals surface area contributed by atoms with Gasteiger partial charge in [0.2, 0.25) is 0 Å². The molecule has 19 heavy (non-hydrogen) atoms. The van der Waals surface area contributed by atoms with Crippen molar-refractivity contribution >= 4 is 28.8 Å². The zero-order valence-electron chi connectivity index (χ0n) is 10.4. The minimum Gasteiger partial charge on any atom is -0.347 e. The lowest BCUT2D eigenvalue weighted by Gasteiger charge is -2.05. The quantitative estimate of drug-likeness (QED) is 0.907. The van der Waals surface area contributed by atoms with Gasteiger partial charge in [-0.25, -0.2) is 4.39 Å². The van der Waals surface area contributed by atoms with Gasteiger partial charge in [-0.05, 0) is 36.8 Å². The number of rotatable bonds is 4. The van der Waals surface area contributed by atoms with E-state index in [1.807, 2.05) is 12.1 Å². The van der Waals surface area contributed by atoms with E-state index in [2.05, 4.69) is 12.2 Å². The van der Waals surface area contributed by atoms with Crippen molar-refractivity contribution in [2.24, 2.45) is 0 Å². The van der Waals surface area contributed by atoms with Crippen molar-refractivity contribution in [3.8, 4) is 0 Å². The Morgan fingerprint density at radius 2 is 2.05 bits per heavy atom. The highest BCUT2D eigenvalue weighted by atomic mass is 35.5. The topological polar surface area (TPSA) is 29.1 Å². The fraction of sp³-hybridized carbons (Fsp3) is 0.214. The van der Waals surface area contributed by atoms with Gasteiger partial charge in [-0.1, -0.05) is 18.5 Å². The minimum atomic E-state index is -0.606. The van der Waals surface area contributed by atoms with Gasteiger partial charge in [0.05, 0.1) is 12.1 Å². The molecule has 0 radical (unpaired) electrons. The molecule has 0 fully saturated rings. The highest BCUT2D eigenvalue weighted by molar-refractivity contribution is 7.11. The van der Waals surface area contributed by atoms with Crippen LogP contribution in [0.15, 0.2) is 30.3 Å². The van der Waals surface area contributed by atoms with E-state index in [1.54, 1.807) is 11.3 Å². The number of benzene rings is 1. The van der Waals surface area contributed by atoms with Crippen molar-refractivity contribution in [3.63, 3.8) is 0 Å². The van der Waals surface area contributed by atoms with Gasteiger partial charge in [0.25, 0.3) is 5.91 Å². The van der Waals surface area contributed by atoms with E-state index in [-0.39, 0.29) is 10.6 Å². The van der Waals surface area contributed by atoms with Crippen LogP contribution >= 0.6 is 22.9 Å². The van der Waals surface area contributed by atoms with Crippen molar-refractivity contribution in [2.75, 3.05) is 0 Å². The number of carbonyl (C=O) groups is 1. The summed E-state index contributed by atoms with van der Waals surface area (Å²) in [5.41, 5.74) is 0.0108. The molecule has 2 aromatic rings. The number of hydrogen-bond acceptors (Lipinski definition) is 2. The molecule has 0 atom stereocenters. The molecule has 1 amide bonds. The Kier molecular flexibility index (Phi) is 4.56. The third-order valence-corrected chi connectivity index (χ3v) is 4.13. The first-order valence-electron chi connectivity index (χ1n) is 5.91. The lowest BCUT2D eigenvalue weighted by atomic mass is 10.2. The molecule has 2 nitrogen and oxygen atoms in total. The van der Waals surface area contributed by atoms with Gasteiger partial charge < -0.3 is 5.32 Å². The smallest absolute Gasteiger partial charge is 0.254 e.